The molecule has 152 valence electrons. The second-order valence-corrected chi connectivity index (χ2v) is 8.66. The van der Waals surface area contributed by atoms with Crippen molar-refractivity contribution in [3.05, 3.63) is 48.7 Å². The Balaban J connectivity index is 1.55. The van der Waals surface area contributed by atoms with Gasteiger partial charge in [0.05, 0.1) is 24.6 Å². The standard InChI is InChI=1S/C24H28N2O3/c1-3-15-14-26-11-9-17(15)12-22(26)23(29-24(27)16-4-5-16)19-8-10-25-21-7-6-18(28-2)13-20(19)21/h3,6-8,10,13,15-17,22-23H,1,4-5,9,11-12,14H2,2H3/t15-,17+,22+,23-/m1/s1. The molecule has 5 nitrogen and oxygen atoms in total. The fraction of sp³-hybridized carbons (Fsp3) is 0.500. The summed E-state index contributed by atoms with van der Waals surface area (Å²) >= 11 is 0. The summed E-state index contributed by atoms with van der Waals surface area (Å²) in [4.78, 5) is 19.7. The molecular formula is C24H28N2O3. The second kappa shape index (κ2) is 7.45. The van der Waals surface area contributed by atoms with E-state index < -0.39 is 0 Å². The van der Waals surface area contributed by atoms with Gasteiger partial charge in [-0.2, -0.15) is 0 Å². The number of nitrogens with zero attached hydrogens (tertiary/aromatic N) is 2. The van der Waals surface area contributed by atoms with E-state index in [0.29, 0.717) is 11.8 Å². The van der Waals surface area contributed by atoms with Crippen LogP contribution in [0.2, 0.25) is 0 Å². The lowest BCUT2D eigenvalue weighted by Gasteiger charge is -2.51. The lowest BCUT2D eigenvalue weighted by Crippen LogP contribution is -2.55. The lowest BCUT2D eigenvalue weighted by atomic mass is 9.73. The number of pyridine rings is 1. The van der Waals surface area contributed by atoms with Crippen LogP contribution >= 0.6 is 0 Å². The number of carbonyl (C=O) groups is 1. The molecule has 1 aromatic carbocycles. The molecule has 3 saturated heterocycles. The third-order valence-electron chi connectivity index (χ3n) is 6.95. The Kier molecular flexibility index (Phi) is 4.78. The van der Waals surface area contributed by atoms with Crippen molar-refractivity contribution in [2.45, 2.75) is 37.8 Å². The van der Waals surface area contributed by atoms with Crippen LogP contribution in [0, 0.1) is 17.8 Å². The number of rotatable bonds is 6. The van der Waals surface area contributed by atoms with Gasteiger partial charge in [0.2, 0.25) is 0 Å². The van der Waals surface area contributed by atoms with Crippen LogP contribution in [0.4, 0.5) is 0 Å². The molecule has 5 heteroatoms. The highest BCUT2D eigenvalue weighted by Gasteiger charge is 2.45. The third kappa shape index (κ3) is 3.42. The normalized spacial score (nSPS) is 29.4. The van der Waals surface area contributed by atoms with Crippen molar-refractivity contribution in [3.63, 3.8) is 0 Å². The topological polar surface area (TPSA) is 51.7 Å². The maximum Gasteiger partial charge on any atom is 0.309 e. The first-order valence-corrected chi connectivity index (χ1v) is 10.7. The molecule has 2 aromatic rings. The Bertz CT molecular complexity index is 939. The maximum absolute atomic E-state index is 12.7. The zero-order valence-electron chi connectivity index (χ0n) is 16.9. The van der Waals surface area contributed by atoms with Crippen LogP contribution in [-0.2, 0) is 9.53 Å². The number of ether oxygens (including phenoxy) is 2. The number of hydrogen-bond donors (Lipinski definition) is 0. The van der Waals surface area contributed by atoms with Crippen molar-refractivity contribution >= 4 is 16.9 Å². The molecule has 0 N–H and O–H groups in total. The number of benzene rings is 1. The summed E-state index contributed by atoms with van der Waals surface area (Å²) in [5.74, 6) is 1.97. The summed E-state index contributed by atoms with van der Waals surface area (Å²) in [6.45, 7) is 6.10. The van der Waals surface area contributed by atoms with Gasteiger partial charge in [0.15, 0.2) is 0 Å². The molecule has 4 heterocycles. The van der Waals surface area contributed by atoms with Crippen molar-refractivity contribution in [2.24, 2.45) is 17.8 Å². The van der Waals surface area contributed by atoms with Gasteiger partial charge in [-0.1, -0.05) is 6.08 Å². The van der Waals surface area contributed by atoms with E-state index in [-0.39, 0.29) is 24.0 Å². The second-order valence-electron chi connectivity index (χ2n) is 8.66. The molecule has 1 aliphatic carbocycles. The van der Waals surface area contributed by atoms with Crippen LogP contribution in [0.3, 0.4) is 0 Å². The van der Waals surface area contributed by atoms with Gasteiger partial charge in [-0.25, -0.2) is 0 Å². The molecule has 0 amide bonds. The van der Waals surface area contributed by atoms with Crippen LogP contribution in [0.5, 0.6) is 5.75 Å². The molecule has 2 bridgehead atoms. The van der Waals surface area contributed by atoms with Crippen molar-refractivity contribution in [1.82, 2.24) is 9.88 Å². The maximum atomic E-state index is 12.7. The molecule has 29 heavy (non-hydrogen) atoms. The van der Waals surface area contributed by atoms with Crippen LogP contribution in [-0.4, -0.2) is 42.1 Å². The van der Waals surface area contributed by atoms with E-state index in [1.54, 1.807) is 7.11 Å². The smallest absolute Gasteiger partial charge is 0.309 e. The zero-order valence-corrected chi connectivity index (χ0v) is 16.9. The largest absolute Gasteiger partial charge is 0.497 e. The van der Waals surface area contributed by atoms with Gasteiger partial charge in [-0.05, 0) is 68.3 Å². The first kappa shape index (κ1) is 18.6. The Labute approximate surface area is 171 Å². The molecule has 1 aromatic heterocycles. The molecule has 4 aliphatic rings. The molecule has 1 saturated carbocycles. The summed E-state index contributed by atoms with van der Waals surface area (Å²) in [6, 6.07) is 8.12. The fourth-order valence-corrected chi connectivity index (χ4v) is 5.10. The Morgan fingerprint density at radius 1 is 1.31 bits per heavy atom. The number of esters is 1. The molecule has 6 rings (SSSR count). The van der Waals surface area contributed by atoms with E-state index in [2.05, 4.69) is 22.5 Å². The van der Waals surface area contributed by atoms with E-state index in [0.717, 1.165) is 54.6 Å². The quantitative estimate of drug-likeness (QED) is 0.546. The van der Waals surface area contributed by atoms with Gasteiger partial charge < -0.3 is 9.47 Å². The summed E-state index contributed by atoms with van der Waals surface area (Å²) in [5, 5.41) is 1.00. The highest BCUT2D eigenvalue weighted by atomic mass is 16.5. The van der Waals surface area contributed by atoms with Gasteiger partial charge in [-0.3, -0.25) is 14.7 Å². The molecule has 0 spiro atoms. The third-order valence-corrected chi connectivity index (χ3v) is 6.95. The van der Waals surface area contributed by atoms with E-state index in [1.165, 1.54) is 6.42 Å². The van der Waals surface area contributed by atoms with Crippen LogP contribution in [0.15, 0.2) is 43.1 Å². The average molecular weight is 392 g/mol. The number of aromatic nitrogens is 1. The van der Waals surface area contributed by atoms with Crippen molar-refractivity contribution in [3.8, 4) is 5.75 Å². The lowest BCUT2D eigenvalue weighted by molar-refractivity contribution is -0.158. The molecule has 5 atom stereocenters. The Morgan fingerprint density at radius 2 is 2.17 bits per heavy atom. The number of piperidine rings is 3. The van der Waals surface area contributed by atoms with E-state index in [1.807, 2.05) is 30.5 Å². The van der Waals surface area contributed by atoms with Gasteiger partial charge in [0, 0.05) is 23.7 Å². The van der Waals surface area contributed by atoms with E-state index >= 15 is 0 Å². The Morgan fingerprint density at radius 3 is 2.86 bits per heavy atom. The van der Waals surface area contributed by atoms with Gasteiger partial charge >= 0.3 is 5.97 Å². The first-order valence-electron chi connectivity index (χ1n) is 10.7. The predicted molar refractivity (Wildman–Crippen MR) is 112 cm³/mol. The fourth-order valence-electron chi connectivity index (χ4n) is 5.10. The summed E-state index contributed by atoms with van der Waals surface area (Å²) in [5.41, 5.74) is 1.94. The van der Waals surface area contributed by atoms with E-state index in [4.69, 9.17) is 9.47 Å². The molecule has 0 radical (unpaired) electrons. The minimum absolute atomic E-state index is 0.0502. The van der Waals surface area contributed by atoms with Gasteiger partial charge in [0.25, 0.3) is 0 Å². The summed E-state index contributed by atoms with van der Waals surface area (Å²) in [6.07, 6.45) is 7.77. The van der Waals surface area contributed by atoms with Crippen molar-refractivity contribution in [2.75, 3.05) is 20.2 Å². The highest BCUT2D eigenvalue weighted by molar-refractivity contribution is 5.84. The number of hydrogen-bond acceptors (Lipinski definition) is 5. The molecular weight excluding hydrogens is 364 g/mol. The minimum Gasteiger partial charge on any atom is -0.497 e. The van der Waals surface area contributed by atoms with E-state index in [9.17, 15) is 4.79 Å². The molecule has 4 fully saturated rings. The summed E-state index contributed by atoms with van der Waals surface area (Å²) in [7, 11) is 1.67. The molecule has 3 aliphatic heterocycles. The van der Waals surface area contributed by atoms with Crippen LogP contribution in [0.25, 0.3) is 10.9 Å². The van der Waals surface area contributed by atoms with Gasteiger partial charge in [-0.15, -0.1) is 6.58 Å². The van der Waals surface area contributed by atoms with Crippen molar-refractivity contribution in [1.29, 1.82) is 0 Å². The van der Waals surface area contributed by atoms with Gasteiger partial charge in [0.1, 0.15) is 11.9 Å². The predicted octanol–water partition coefficient (Wildman–Crippen LogP) is 4.13. The molecule has 1 unspecified atom stereocenters. The summed E-state index contributed by atoms with van der Waals surface area (Å²) < 4.78 is 11.7. The monoisotopic (exact) mass is 392 g/mol. The zero-order chi connectivity index (χ0) is 20.0. The number of fused-ring (bicyclic) bond motifs is 4. The average Bonchev–Trinajstić information content (AvgIpc) is 3.62. The number of carbonyl (C=O) groups excluding carboxylic acids is 1. The SMILES string of the molecule is C=C[C@@H]1CN2CC[C@H]1C[C@H]2[C@H](OC(=O)C1CC1)c1ccnc2ccc(OC)cc12. The Hall–Kier alpha value is -2.40. The van der Waals surface area contributed by atoms with Crippen molar-refractivity contribution < 1.29 is 14.3 Å². The first-order chi connectivity index (χ1) is 14.2. The van der Waals surface area contributed by atoms with Crippen LogP contribution in [0.1, 0.15) is 37.4 Å². The minimum atomic E-state index is -0.283. The van der Waals surface area contributed by atoms with Crippen LogP contribution < -0.4 is 4.74 Å². The number of methoxy groups -OCH3 is 1. The highest BCUT2D eigenvalue weighted by Crippen LogP contribution is 2.44.